The molecule has 2 aliphatic rings. The van der Waals surface area contributed by atoms with Gasteiger partial charge in [0.25, 0.3) is 11.8 Å². The second-order valence-electron chi connectivity index (χ2n) is 10.9. The second kappa shape index (κ2) is 12.0. The van der Waals surface area contributed by atoms with Crippen molar-refractivity contribution in [1.29, 1.82) is 0 Å². The summed E-state index contributed by atoms with van der Waals surface area (Å²) >= 11 is 0. The standard InChI is InChI=1S/C27H35N6O8P/c1-16(2)6-7-20-14-28-22(12-25(20)38-15-21-17(3)30-40-18(21)4)26(34)29-27-23(33(35)36)13-24(39-27)19(5)41-42(37,31-8-9-31)32-10-11-32/h12-14,16,19H,6-11,15H2,1-5H3,(H,29,34). The number of nitrogens with one attached hydrogen (secondary N) is 1. The molecule has 2 fully saturated rings. The fraction of sp³-hybridized carbons (Fsp3) is 0.519. The predicted molar refractivity (Wildman–Crippen MR) is 151 cm³/mol. The fourth-order valence-electron chi connectivity index (χ4n) is 4.37. The van der Waals surface area contributed by atoms with Gasteiger partial charge in [-0.3, -0.25) is 34.3 Å². The van der Waals surface area contributed by atoms with E-state index in [0.29, 0.717) is 55.7 Å². The van der Waals surface area contributed by atoms with Crippen LogP contribution in [0.4, 0.5) is 11.6 Å². The van der Waals surface area contributed by atoms with Gasteiger partial charge in [-0.15, -0.1) is 0 Å². The summed E-state index contributed by atoms with van der Waals surface area (Å²) in [6.07, 6.45) is 2.30. The maximum absolute atomic E-state index is 13.4. The van der Waals surface area contributed by atoms with E-state index in [9.17, 15) is 19.5 Å². The number of aromatic nitrogens is 2. The van der Waals surface area contributed by atoms with E-state index in [1.165, 1.54) is 12.1 Å². The average Bonchev–Trinajstić information content (AvgIpc) is 3.87. The van der Waals surface area contributed by atoms with E-state index in [1.54, 1.807) is 29.4 Å². The maximum atomic E-state index is 13.4. The summed E-state index contributed by atoms with van der Waals surface area (Å²) < 4.78 is 39.8. The molecule has 0 aliphatic carbocycles. The zero-order chi connectivity index (χ0) is 30.2. The Bertz CT molecular complexity index is 1490. The van der Waals surface area contributed by atoms with Crippen LogP contribution in [0.15, 0.2) is 27.3 Å². The van der Waals surface area contributed by atoms with Crippen molar-refractivity contribution in [3.63, 3.8) is 0 Å². The first-order valence-corrected chi connectivity index (χ1v) is 15.4. The lowest BCUT2D eigenvalue weighted by Gasteiger charge is -2.22. The minimum atomic E-state index is -3.21. The molecule has 1 atom stereocenters. The lowest BCUT2D eigenvalue weighted by atomic mass is 10.0. The van der Waals surface area contributed by atoms with Crippen molar-refractivity contribution in [2.75, 3.05) is 31.5 Å². The van der Waals surface area contributed by atoms with E-state index in [-0.39, 0.29) is 23.9 Å². The van der Waals surface area contributed by atoms with Crippen LogP contribution in [0.5, 0.6) is 5.75 Å². The number of furan rings is 1. The number of anilines is 1. The summed E-state index contributed by atoms with van der Waals surface area (Å²) in [6.45, 7) is 12.3. The number of hydrogen-bond donors (Lipinski definition) is 1. The van der Waals surface area contributed by atoms with E-state index in [2.05, 4.69) is 29.3 Å². The van der Waals surface area contributed by atoms with Crippen LogP contribution in [-0.4, -0.2) is 56.5 Å². The molecular formula is C27H35N6O8P. The Morgan fingerprint density at radius 1 is 1.19 bits per heavy atom. The van der Waals surface area contributed by atoms with Gasteiger partial charge < -0.3 is 13.7 Å². The lowest BCUT2D eigenvalue weighted by molar-refractivity contribution is -0.384. The molecule has 5 rings (SSSR count). The Kier molecular flexibility index (Phi) is 8.51. The molecule has 0 aromatic carbocycles. The third-order valence-electron chi connectivity index (χ3n) is 7.13. The van der Waals surface area contributed by atoms with Crippen LogP contribution in [-0.2, 0) is 22.1 Å². The third-order valence-corrected chi connectivity index (χ3v) is 9.95. The molecule has 14 nitrogen and oxygen atoms in total. The molecular weight excluding hydrogens is 567 g/mol. The van der Waals surface area contributed by atoms with Crippen molar-refractivity contribution in [2.45, 2.75) is 60.2 Å². The molecule has 1 unspecified atom stereocenters. The van der Waals surface area contributed by atoms with Crippen LogP contribution in [0.1, 0.15) is 72.1 Å². The number of aryl methyl sites for hydroxylation is 3. The summed E-state index contributed by atoms with van der Waals surface area (Å²) in [5.41, 5.74) is 1.88. The Morgan fingerprint density at radius 3 is 2.45 bits per heavy atom. The highest BCUT2D eigenvalue weighted by atomic mass is 31.2. The molecule has 42 heavy (non-hydrogen) atoms. The Morgan fingerprint density at radius 2 is 1.88 bits per heavy atom. The van der Waals surface area contributed by atoms with Crippen LogP contribution in [0.2, 0.25) is 0 Å². The van der Waals surface area contributed by atoms with Gasteiger partial charge in [0, 0.05) is 44.0 Å². The highest BCUT2D eigenvalue weighted by Crippen LogP contribution is 2.63. The van der Waals surface area contributed by atoms with Crippen molar-refractivity contribution >= 4 is 25.1 Å². The zero-order valence-corrected chi connectivity index (χ0v) is 25.2. The zero-order valence-electron chi connectivity index (χ0n) is 24.3. The van der Waals surface area contributed by atoms with Crippen molar-refractivity contribution < 1.29 is 32.5 Å². The lowest BCUT2D eigenvalue weighted by Crippen LogP contribution is -2.15. The van der Waals surface area contributed by atoms with Gasteiger partial charge in [0.2, 0.25) is 0 Å². The van der Waals surface area contributed by atoms with Crippen molar-refractivity contribution in [2.24, 2.45) is 5.92 Å². The quantitative estimate of drug-likeness (QED) is 0.108. The van der Waals surface area contributed by atoms with Gasteiger partial charge in [-0.25, -0.2) is 9.34 Å². The number of carbonyl (C=O) groups excluding carboxylic acids is 1. The summed E-state index contributed by atoms with van der Waals surface area (Å²) in [6, 6.07) is 2.69. The van der Waals surface area contributed by atoms with Crippen LogP contribution < -0.4 is 10.1 Å². The first-order valence-electron chi connectivity index (χ1n) is 13.9. The molecule has 2 saturated heterocycles. The van der Waals surface area contributed by atoms with Crippen molar-refractivity contribution in [3.05, 3.63) is 62.5 Å². The van der Waals surface area contributed by atoms with Crippen LogP contribution in [0.3, 0.4) is 0 Å². The van der Waals surface area contributed by atoms with E-state index >= 15 is 0 Å². The van der Waals surface area contributed by atoms with Gasteiger partial charge in [-0.2, -0.15) is 0 Å². The molecule has 5 heterocycles. The molecule has 3 aromatic rings. The SMILES string of the molecule is Cc1noc(C)c1COc1cc(C(=O)Nc2oc(C(C)OP(=O)(N3CC3)N3CC3)cc2[N+](=O)[O-])ncc1CCC(C)C. The Labute approximate surface area is 243 Å². The first kappa shape index (κ1) is 29.9. The van der Waals surface area contributed by atoms with Crippen LogP contribution >= 0.6 is 7.67 Å². The topological polar surface area (TPSA) is 166 Å². The van der Waals surface area contributed by atoms with Gasteiger partial charge in [0.05, 0.1) is 22.2 Å². The number of rotatable bonds is 14. The number of nitrogens with zero attached hydrogens (tertiary/aromatic N) is 5. The minimum Gasteiger partial charge on any atom is -0.488 e. The number of hydrogen-bond acceptors (Lipinski definition) is 10. The van der Waals surface area contributed by atoms with Gasteiger partial charge in [-0.05, 0) is 39.5 Å². The van der Waals surface area contributed by atoms with Gasteiger partial charge >= 0.3 is 13.4 Å². The normalized spacial score (nSPS) is 16.0. The van der Waals surface area contributed by atoms with Crippen molar-refractivity contribution in [1.82, 2.24) is 19.5 Å². The number of carbonyl (C=O) groups is 1. The second-order valence-corrected chi connectivity index (χ2v) is 13.2. The van der Waals surface area contributed by atoms with E-state index < -0.39 is 30.3 Å². The third kappa shape index (κ3) is 6.57. The minimum absolute atomic E-state index is 0.0128. The van der Waals surface area contributed by atoms with Gasteiger partial charge in [0.15, 0.2) is 0 Å². The van der Waals surface area contributed by atoms with E-state index in [4.69, 9.17) is 18.2 Å². The van der Waals surface area contributed by atoms with Crippen molar-refractivity contribution in [3.8, 4) is 5.75 Å². The number of pyridine rings is 1. The molecule has 3 aromatic heterocycles. The number of ether oxygens (including phenoxy) is 1. The Balaban J connectivity index is 1.35. The molecule has 1 N–H and O–H groups in total. The summed E-state index contributed by atoms with van der Waals surface area (Å²) in [4.78, 5) is 28.7. The number of amides is 1. The predicted octanol–water partition coefficient (Wildman–Crippen LogP) is 5.42. The summed E-state index contributed by atoms with van der Waals surface area (Å²) in [7, 11) is -3.21. The van der Waals surface area contributed by atoms with E-state index in [0.717, 1.165) is 17.5 Å². The van der Waals surface area contributed by atoms with E-state index in [1.807, 2.05) is 6.92 Å². The average molecular weight is 603 g/mol. The highest BCUT2D eigenvalue weighted by Gasteiger charge is 2.50. The molecule has 1 amide bonds. The molecule has 226 valence electrons. The smallest absolute Gasteiger partial charge is 0.346 e. The van der Waals surface area contributed by atoms with Crippen LogP contribution in [0, 0.1) is 29.9 Å². The van der Waals surface area contributed by atoms with Gasteiger partial charge in [0.1, 0.15) is 35.7 Å². The number of nitro groups is 1. The maximum Gasteiger partial charge on any atom is 0.346 e. The molecule has 0 spiro atoms. The molecule has 15 heteroatoms. The highest BCUT2D eigenvalue weighted by molar-refractivity contribution is 7.54. The molecule has 0 bridgehead atoms. The molecule has 2 aliphatic heterocycles. The summed E-state index contributed by atoms with van der Waals surface area (Å²) in [5, 5.41) is 18.2. The fourth-order valence-corrected chi connectivity index (χ4v) is 6.70. The largest absolute Gasteiger partial charge is 0.488 e. The molecule has 0 radical (unpaired) electrons. The molecule has 0 saturated carbocycles. The van der Waals surface area contributed by atoms with Gasteiger partial charge in [-0.1, -0.05) is 19.0 Å². The first-order chi connectivity index (χ1) is 20.0. The monoisotopic (exact) mass is 602 g/mol. The summed E-state index contributed by atoms with van der Waals surface area (Å²) in [5.74, 6) is 0.536. The van der Waals surface area contributed by atoms with Crippen LogP contribution in [0.25, 0.3) is 0 Å². The Hall–Kier alpha value is -3.58.